The molecule has 0 unspecified atom stereocenters. The Labute approximate surface area is 144 Å². The maximum absolute atomic E-state index is 13.2. The van der Waals surface area contributed by atoms with Crippen LogP contribution < -0.4 is 5.32 Å². The Morgan fingerprint density at radius 2 is 2.12 bits per heavy atom. The van der Waals surface area contributed by atoms with Crippen LogP contribution in [0.2, 0.25) is 0 Å². The number of aromatic nitrogens is 9. The lowest BCUT2D eigenvalue weighted by atomic mass is 10.3. The van der Waals surface area contributed by atoms with E-state index in [1.807, 2.05) is 0 Å². The first-order valence-corrected chi connectivity index (χ1v) is 7.53. The third kappa shape index (κ3) is 3.16. The molecule has 0 amide bonds. The summed E-state index contributed by atoms with van der Waals surface area (Å²) < 4.78 is 27.7. The Morgan fingerprint density at radius 3 is 2.88 bits per heavy atom. The minimum Gasteiger partial charge on any atom is -0.362 e. The Kier molecular flexibility index (Phi) is 3.71. The lowest BCUT2D eigenvalue weighted by Crippen LogP contribution is -2.23. The molecular weight excluding hydrogens is 346 g/mol. The van der Waals surface area contributed by atoms with Crippen LogP contribution in [0.15, 0.2) is 30.9 Å². The molecular formula is C14H12F2N10. The van der Waals surface area contributed by atoms with E-state index < -0.39 is 12.5 Å². The number of anilines is 1. The SMILES string of the molecule is CC(F)(F)CNc1nc(-n2cc(-c3cccnn3)nn2)nc2nc[nH]c12. The van der Waals surface area contributed by atoms with Gasteiger partial charge in [0.15, 0.2) is 11.5 Å². The average Bonchev–Trinajstić information content (AvgIpc) is 3.29. The lowest BCUT2D eigenvalue weighted by Gasteiger charge is -2.12. The summed E-state index contributed by atoms with van der Waals surface area (Å²) >= 11 is 0. The van der Waals surface area contributed by atoms with E-state index in [2.05, 4.69) is 45.8 Å². The van der Waals surface area contributed by atoms with Gasteiger partial charge in [0.1, 0.15) is 16.9 Å². The highest BCUT2D eigenvalue weighted by Gasteiger charge is 2.22. The molecule has 0 aliphatic rings. The van der Waals surface area contributed by atoms with E-state index in [9.17, 15) is 8.78 Å². The summed E-state index contributed by atoms with van der Waals surface area (Å²) in [6.45, 7) is 0.233. The molecule has 0 saturated carbocycles. The molecule has 0 saturated heterocycles. The molecule has 10 nitrogen and oxygen atoms in total. The molecule has 0 atom stereocenters. The third-order valence-corrected chi connectivity index (χ3v) is 3.37. The second-order valence-corrected chi connectivity index (χ2v) is 5.55. The molecule has 0 fully saturated rings. The standard InChI is InChI=1S/C14H12F2N10/c1-14(15,16)6-17-11-10-12(19-7-18-10)22-13(21-11)26-5-9(24-25-26)8-3-2-4-20-23-8/h2-5,7H,6H2,1H3,(H2,17,18,19,21,22). The van der Waals surface area contributed by atoms with Crippen LogP contribution in [-0.4, -0.2) is 57.6 Å². The minimum atomic E-state index is -2.90. The van der Waals surface area contributed by atoms with Crippen molar-refractivity contribution >= 4 is 17.0 Å². The van der Waals surface area contributed by atoms with E-state index in [1.165, 1.54) is 11.0 Å². The maximum atomic E-state index is 13.2. The number of nitrogens with zero attached hydrogens (tertiary/aromatic N) is 8. The number of halogens is 2. The molecule has 2 N–H and O–H groups in total. The first-order valence-electron chi connectivity index (χ1n) is 7.53. The summed E-state index contributed by atoms with van der Waals surface area (Å²) in [4.78, 5) is 15.4. The van der Waals surface area contributed by atoms with Gasteiger partial charge < -0.3 is 10.3 Å². The summed E-state index contributed by atoms with van der Waals surface area (Å²) in [6.07, 6.45) is 4.52. The molecule has 4 heterocycles. The Hall–Kier alpha value is -3.57. The van der Waals surface area contributed by atoms with Gasteiger partial charge >= 0.3 is 0 Å². The molecule has 0 aliphatic carbocycles. The zero-order valence-corrected chi connectivity index (χ0v) is 13.4. The van der Waals surface area contributed by atoms with Crippen LogP contribution in [0.1, 0.15) is 6.92 Å². The van der Waals surface area contributed by atoms with Crippen molar-refractivity contribution in [3.05, 3.63) is 30.9 Å². The van der Waals surface area contributed by atoms with Crippen molar-refractivity contribution in [1.82, 2.24) is 45.1 Å². The van der Waals surface area contributed by atoms with Gasteiger partial charge in [-0.2, -0.15) is 19.7 Å². The van der Waals surface area contributed by atoms with Crippen LogP contribution in [0, 0.1) is 0 Å². The second kappa shape index (κ2) is 6.06. The summed E-state index contributed by atoms with van der Waals surface area (Å²) in [5, 5.41) is 18.3. The van der Waals surface area contributed by atoms with Crippen LogP contribution in [0.5, 0.6) is 0 Å². The molecule has 0 radical (unpaired) electrons. The quantitative estimate of drug-likeness (QED) is 0.550. The molecule has 12 heteroatoms. The number of imidazole rings is 1. The topological polar surface area (TPSA) is 123 Å². The normalized spacial score (nSPS) is 11.8. The summed E-state index contributed by atoms with van der Waals surface area (Å²) in [7, 11) is 0. The highest BCUT2D eigenvalue weighted by Crippen LogP contribution is 2.21. The lowest BCUT2D eigenvalue weighted by molar-refractivity contribution is 0.0367. The fourth-order valence-corrected chi connectivity index (χ4v) is 2.21. The van der Waals surface area contributed by atoms with E-state index in [0.717, 1.165) is 6.92 Å². The number of alkyl halides is 2. The number of nitrogens with one attached hydrogen (secondary N) is 2. The third-order valence-electron chi connectivity index (χ3n) is 3.37. The smallest absolute Gasteiger partial charge is 0.262 e. The zero-order valence-electron chi connectivity index (χ0n) is 13.4. The maximum Gasteiger partial charge on any atom is 0.262 e. The Morgan fingerprint density at radius 1 is 1.23 bits per heavy atom. The van der Waals surface area contributed by atoms with Gasteiger partial charge in [0, 0.05) is 13.1 Å². The average molecular weight is 358 g/mol. The zero-order chi connectivity index (χ0) is 18.1. The highest BCUT2D eigenvalue weighted by molar-refractivity contribution is 5.83. The van der Waals surface area contributed by atoms with Gasteiger partial charge in [0.2, 0.25) is 0 Å². The van der Waals surface area contributed by atoms with Gasteiger partial charge in [-0.1, -0.05) is 5.21 Å². The van der Waals surface area contributed by atoms with E-state index in [1.54, 1.807) is 24.5 Å². The van der Waals surface area contributed by atoms with Crippen LogP contribution >= 0.6 is 0 Å². The number of hydrogen-bond acceptors (Lipinski definition) is 8. The fraction of sp³-hybridized carbons (Fsp3) is 0.214. The van der Waals surface area contributed by atoms with Gasteiger partial charge in [0.05, 0.1) is 19.1 Å². The number of H-pyrrole nitrogens is 1. The second-order valence-electron chi connectivity index (χ2n) is 5.55. The van der Waals surface area contributed by atoms with Gasteiger partial charge in [0.25, 0.3) is 11.9 Å². The van der Waals surface area contributed by atoms with Crippen LogP contribution in [0.3, 0.4) is 0 Å². The van der Waals surface area contributed by atoms with Gasteiger partial charge in [-0.05, 0) is 12.1 Å². The van der Waals surface area contributed by atoms with Crippen molar-refractivity contribution in [1.29, 1.82) is 0 Å². The molecule has 4 aromatic heterocycles. The molecule has 26 heavy (non-hydrogen) atoms. The molecule has 0 bridgehead atoms. The molecule has 4 aromatic rings. The van der Waals surface area contributed by atoms with E-state index in [0.29, 0.717) is 22.6 Å². The molecule has 4 rings (SSSR count). The van der Waals surface area contributed by atoms with Crippen LogP contribution in [-0.2, 0) is 0 Å². The largest absolute Gasteiger partial charge is 0.362 e. The number of aromatic amines is 1. The number of fused-ring (bicyclic) bond motifs is 1. The van der Waals surface area contributed by atoms with Crippen molar-refractivity contribution < 1.29 is 8.78 Å². The van der Waals surface area contributed by atoms with Crippen molar-refractivity contribution in [3.8, 4) is 17.3 Å². The van der Waals surface area contributed by atoms with Crippen molar-refractivity contribution in [2.24, 2.45) is 0 Å². The van der Waals surface area contributed by atoms with Gasteiger partial charge in [-0.3, -0.25) is 0 Å². The van der Waals surface area contributed by atoms with E-state index in [-0.39, 0.29) is 11.8 Å². The number of rotatable bonds is 5. The Balaban J connectivity index is 1.72. The molecule has 132 valence electrons. The van der Waals surface area contributed by atoms with Crippen molar-refractivity contribution in [2.75, 3.05) is 11.9 Å². The molecule has 0 spiro atoms. The predicted octanol–water partition coefficient (Wildman–Crippen LogP) is 1.46. The highest BCUT2D eigenvalue weighted by atomic mass is 19.3. The monoisotopic (exact) mass is 358 g/mol. The predicted molar refractivity (Wildman–Crippen MR) is 86.7 cm³/mol. The molecule has 0 aliphatic heterocycles. The van der Waals surface area contributed by atoms with Crippen molar-refractivity contribution in [3.63, 3.8) is 0 Å². The van der Waals surface area contributed by atoms with E-state index >= 15 is 0 Å². The van der Waals surface area contributed by atoms with Gasteiger partial charge in [-0.25, -0.2) is 13.8 Å². The number of hydrogen-bond donors (Lipinski definition) is 2. The van der Waals surface area contributed by atoms with E-state index in [4.69, 9.17) is 0 Å². The first-order chi connectivity index (χ1) is 12.5. The fourth-order valence-electron chi connectivity index (χ4n) is 2.21. The van der Waals surface area contributed by atoms with Crippen molar-refractivity contribution in [2.45, 2.75) is 12.8 Å². The summed E-state index contributed by atoms with van der Waals surface area (Å²) in [5.74, 6) is -2.57. The van der Waals surface area contributed by atoms with Crippen LogP contribution in [0.25, 0.3) is 28.5 Å². The molecule has 0 aromatic carbocycles. The summed E-state index contributed by atoms with van der Waals surface area (Å²) in [5.41, 5.74) is 1.74. The first kappa shape index (κ1) is 15.9. The summed E-state index contributed by atoms with van der Waals surface area (Å²) in [6, 6.07) is 3.45. The Bertz CT molecular complexity index is 1040. The van der Waals surface area contributed by atoms with Gasteiger partial charge in [-0.15, -0.1) is 10.2 Å². The van der Waals surface area contributed by atoms with Crippen LogP contribution in [0.4, 0.5) is 14.6 Å². The minimum absolute atomic E-state index is 0.133.